The average molecular weight is 370 g/mol. The van der Waals surface area contributed by atoms with Gasteiger partial charge in [-0.3, -0.25) is 10.5 Å². The maximum atomic E-state index is 6.25. The molecule has 0 spiro atoms. The van der Waals surface area contributed by atoms with Gasteiger partial charge in [0.05, 0.1) is 21.4 Å². The molecule has 2 heterocycles. The highest BCUT2D eigenvalue weighted by Crippen LogP contribution is 2.34. The minimum absolute atomic E-state index is 0.362. The van der Waals surface area contributed by atoms with Crippen LogP contribution in [0.4, 0.5) is 0 Å². The Bertz CT molecular complexity index is 782. The first-order valence-corrected chi connectivity index (χ1v) is 7.68. The smallest absolute Gasteiger partial charge is 0.148 e. The van der Waals surface area contributed by atoms with Gasteiger partial charge in [0.2, 0.25) is 0 Å². The van der Waals surface area contributed by atoms with Crippen LogP contribution in [-0.2, 0) is 6.54 Å². The van der Waals surface area contributed by atoms with Gasteiger partial charge in [-0.25, -0.2) is 5.43 Å². The second-order valence-corrected chi connectivity index (χ2v) is 5.86. The van der Waals surface area contributed by atoms with Crippen LogP contribution in [0, 0.1) is 0 Å². The van der Waals surface area contributed by atoms with E-state index in [0.717, 1.165) is 21.1 Å². The molecular formula is C14H14BrClN4O. The normalized spacial score (nSPS) is 13.0. The van der Waals surface area contributed by atoms with E-state index >= 15 is 0 Å². The number of nitrogens with zero attached hydrogens (tertiary/aromatic N) is 2. The summed E-state index contributed by atoms with van der Waals surface area (Å²) in [4.78, 5) is 0. The van der Waals surface area contributed by atoms with Crippen molar-refractivity contribution in [2.75, 3.05) is 0 Å². The SMILES string of the molecule is CCn1ncc(Cl)c1C(NN)c1cc2cccc(Br)c2o1. The number of halogens is 2. The molecule has 0 aliphatic rings. The van der Waals surface area contributed by atoms with Crippen LogP contribution in [0.5, 0.6) is 0 Å². The van der Waals surface area contributed by atoms with Crippen molar-refractivity contribution in [1.82, 2.24) is 15.2 Å². The molecule has 0 saturated heterocycles. The number of fused-ring (bicyclic) bond motifs is 1. The Morgan fingerprint density at radius 2 is 2.33 bits per heavy atom. The highest BCUT2D eigenvalue weighted by atomic mass is 79.9. The molecule has 3 rings (SSSR count). The third-order valence-corrected chi connectivity index (χ3v) is 4.29. The molecule has 3 N–H and O–H groups in total. The van der Waals surface area contributed by atoms with Gasteiger partial charge < -0.3 is 4.42 Å². The van der Waals surface area contributed by atoms with E-state index in [2.05, 4.69) is 26.5 Å². The van der Waals surface area contributed by atoms with Crippen LogP contribution < -0.4 is 11.3 Å². The van der Waals surface area contributed by atoms with Crippen molar-refractivity contribution in [1.29, 1.82) is 0 Å². The van der Waals surface area contributed by atoms with Crippen LogP contribution in [0.25, 0.3) is 11.0 Å². The summed E-state index contributed by atoms with van der Waals surface area (Å²) in [5.41, 5.74) is 4.33. The number of benzene rings is 1. The molecule has 0 radical (unpaired) electrons. The number of nitrogens with one attached hydrogen (secondary N) is 1. The van der Waals surface area contributed by atoms with E-state index in [1.165, 1.54) is 0 Å². The molecule has 7 heteroatoms. The zero-order valence-corrected chi connectivity index (χ0v) is 13.6. The van der Waals surface area contributed by atoms with Crippen molar-refractivity contribution in [3.63, 3.8) is 0 Å². The molecule has 0 saturated carbocycles. The van der Waals surface area contributed by atoms with Gasteiger partial charge >= 0.3 is 0 Å². The molecule has 0 bridgehead atoms. The summed E-state index contributed by atoms with van der Waals surface area (Å²) in [7, 11) is 0. The number of hydrazine groups is 1. The average Bonchev–Trinajstić information content (AvgIpc) is 3.06. The fraction of sp³-hybridized carbons (Fsp3) is 0.214. The molecule has 1 unspecified atom stereocenters. The van der Waals surface area contributed by atoms with Gasteiger partial charge in [0.15, 0.2) is 0 Å². The zero-order valence-electron chi connectivity index (χ0n) is 11.3. The molecule has 0 aliphatic heterocycles. The van der Waals surface area contributed by atoms with Crippen LogP contribution in [0.2, 0.25) is 5.02 Å². The first-order valence-electron chi connectivity index (χ1n) is 6.51. The standard InChI is InChI=1S/C14H14BrClN4O/c1-2-20-13(10(16)7-18-20)12(19-17)11-6-8-4-3-5-9(15)14(8)21-11/h3-7,12,19H,2,17H2,1H3. The molecule has 3 aromatic rings. The maximum absolute atomic E-state index is 6.25. The largest absolute Gasteiger partial charge is 0.458 e. The van der Waals surface area contributed by atoms with E-state index < -0.39 is 0 Å². The molecule has 5 nitrogen and oxygen atoms in total. The van der Waals surface area contributed by atoms with Crippen LogP contribution in [0.1, 0.15) is 24.4 Å². The summed E-state index contributed by atoms with van der Waals surface area (Å²) in [6, 6.07) is 7.47. The number of nitrogens with two attached hydrogens (primary N) is 1. The lowest BCUT2D eigenvalue weighted by Gasteiger charge is -2.15. The third kappa shape index (κ3) is 2.48. The molecule has 1 aromatic carbocycles. The van der Waals surface area contributed by atoms with E-state index in [1.807, 2.05) is 31.2 Å². The van der Waals surface area contributed by atoms with Crippen molar-refractivity contribution in [3.8, 4) is 0 Å². The summed E-state index contributed by atoms with van der Waals surface area (Å²) < 4.78 is 8.64. The van der Waals surface area contributed by atoms with Gasteiger partial charge in [-0.2, -0.15) is 5.10 Å². The Kier molecular flexibility index (Phi) is 4.03. The van der Waals surface area contributed by atoms with E-state index in [0.29, 0.717) is 17.3 Å². The number of para-hydroxylation sites is 1. The molecule has 2 aromatic heterocycles. The highest BCUT2D eigenvalue weighted by molar-refractivity contribution is 9.10. The van der Waals surface area contributed by atoms with Crippen molar-refractivity contribution in [2.45, 2.75) is 19.5 Å². The summed E-state index contributed by atoms with van der Waals surface area (Å²) in [6.45, 7) is 2.69. The number of aryl methyl sites for hydroxylation is 1. The molecule has 21 heavy (non-hydrogen) atoms. The molecule has 0 amide bonds. The number of rotatable bonds is 4. The number of hydrogen-bond donors (Lipinski definition) is 2. The van der Waals surface area contributed by atoms with Crippen molar-refractivity contribution in [2.24, 2.45) is 5.84 Å². The molecule has 0 aliphatic carbocycles. The Labute approximate surface area is 135 Å². The Morgan fingerprint density at radius 3 is 3.00 bits per heavy atom. The van der Waals surface area contributed by atoms with Crippen LogP contribution >= 0.6 is 27.5 Å². The van der Waals surface area contributed by atoms with Crippen LogP contribution in [0.15, 0.2) is 39.4 Å². The van der Waals surface area contributed by atoms with E-state index in [1.54, 1.807) is 10.9 Å². The zero-order chi connectivity index (χ0) is 15.0. The van der Waals surface area contributed by atoms with Crippen LogP contribution in [-0.4, -0.2) is 9.78 Å². The predicted molar refractivity (Wildman–Crippen MR) is 86.0 cm³/mol. The van der Waals surface area contributed by atoms with Gasteiger partial charge in [-0.15, -0.1) is 0 Å². The van der Waals surface area contributed by atoms with Crippen molar-refractivity contribution >= 4 is 38.5 Å². The lowest BCUT2D eigenvalue weighted by molar-refractivity contribution is 0.451. The second-order valence-electron chi connectivity index (χ2n) is 4.60. The maximum Gasteiger partial charge on any atom is 0.148 e. The van der Waals surface area contributed by atoms with Gasteiger partial charge in [-0.1, -0.05) is 23.7 Å². The topological polar surface area (TPSA) is 69.0 Å². The molecule has 110 valence electrons. The first-order chi connectivity index (χ1) is 10.2. The molecule has 0 fully saturated rings. The highest BCUT2D eigenvalue weighted by Gasteiger charge is 2.24. The lowest BCUT2D eigenvalue weighted by Crippen LogP contribution is -2.30. The summed E-state index contributed by atoms with van der Waals surface area (Å²) in [6.07, 6.45) is 1.61. The van der Waals surface area contributed by atoms with Gasteiger partial charge in [0.1, 0.15) is 17.4 Å². The summed E-state index contributed by atoms with van der Waals surface area (Å²) >= 11 is 9.73. The van der Waals surface area contributed by atoms with Gasteiger partial charge in [0.25, 0.3) is 0 Å². The summed E-state index contributed by atoms with van der Waals surface area (Å²) in [5, 5.41) is 5.79. The minimum Gasteiger partial charge on any atom is -0.458 e. The monoisotopic (exact) mass is 368 g/mol. The van der Waals surface area contributed by atoms with E-state index in [9.17, 15) is 0 Å². The Balaban J connectivity index is 2.14. The fourth-order valence-corrected chi connectivity index (χ4v) is 3.11. The second kappa shape index (κ2) is 5.81. The van der Waals surface area contributed by atoms with Crippen molar-refractivity contribution in [3.05, 3.63) is 51.4 Å². The predicted octanol–water partition coefficient (Wildman–Crippen LogP) is 3.62. The van der Waals surface area contributed by atoms with Gasteiger partial charge in [-0.05, 0) is 35.0 Å². The van der Waals surface area contributed by atoms with Crippen molar-refractivity contribution < 1.29 is 4.42 Å². The van der Waals surface area contributed by atoms with E-state index in [-0.39, 0.29) is 6.04 Å². The van der Waals surface area contributed by atoms with E-state index in [4.69, 9.17) is 21.9 Å². The molecule has 1 atom stereocenters. The summed E-state index contributed by atoms with van der Waals surface area (Å²) in [5.74, 6) is 6.42. The third-order valence-electron chi connectivity index (χ3n) is 3.37. The minimum atomic E-state index is -0.362. The van der Waals surface area contributed by atoms with Gasteiger partial charge in [0, 0.05) is 11.9 Å². The first kappa shape index (κ1) is 14.6. The lowest BCUT2D eigenvalue weighted by atomic mass is 10.1. The molecular weight excluding hydrogens is 356 g/mol. The number of aromatic nitrogens is 2. The quantitative estimate of drug-likeness (QED) is 0.544. The Morgan fingerprint density at radius 1 is 1.52 bits per heavy atom. The number of hydrogen-bond acceptors (Lipinski definition) is 4. The fourth-order valence-electron chi connectivity index (χ4n) is 2.40. The number of furan rings is 1. The van der Waals surface area contributed by atoms with Crippen LogP contribution in [0.3, 0.4) is 0 Å². The Hall–Kier alpha value is -1.34.